The summed E-state index contributed by atoms with van der Waals surface area (Å²) in [7, 11) is 4.80. The molecule has 2 aromatic rings. The Kier molecular flexibility index (Phi) is 8.95. The molecule has 2 rings (SSSR count). The van der Waals surface area contributed by atoms with Crippen molar-refractivity contribution in [3.8, 4) is 23.0 Å². The second kappa shape index (κ2) is 11.7. The third kappa shape index (κ3) is 6.48. The van der Waals surface area contributed by atoms with Gasteiger partial charge < -0.3 is 29.6 Å². The number of rotatable bonds is 10. The Labute approximate surface area is 173 Å². The molecule has 0 fully saturated rings. The molecule has 0 amide bonds. The Morgan fingerprint density at radius 1 is 0.897 bits per heavy atom. The molecule has 0 atom stereocenters. The molecule has 7 heteroatoms. The molecule has 2 aromatic carbocycles. The van der Waals surface area contributed by atoms with Gasteiger partial charge in [-0.2, -0.15) is 0 Å². The van der Waals surface area contributed by atoms with E-state index in [1.807, 2.05) is 43.3 Å². The summed E-state index contributed by atoms with van der Waals surface area (Å²) in [6.07, 6.45) is 0. The monoisotopic (exact) mass is 401 g/mol. The molecule has 0 radical (unpaired) electrons. The van der Waals surface area contributed by atoms with E-state index in [2.05, 4.69) is 22.5 Å². The van der Waals surface area contributed by atoms with Crippen molar-refractivity contribution in [1.29, 1.82) is 0 Å². The number of aliphatic imine (C=N–C) groups is 1. The minimum atomic E-state index is 0.428. The first kappa shape index (κ1) is 22.2. The molecule has 0 heterocycles. The zero-order valence-electron chi connectivity index (χ0n) is 17.9. The summed E-state index contributed by atoms with van der Waals surface area (Å²) in [4.78, 5) is 4.64. The topological polar surface area (TPSA) is 73.3 Å². The maximum Gasteiger partial charge on any atom is 0.203 e. The van der Waals surface area contributed by atoms with Crippen molar-refractivity contribution in [3.63, 3.8) is 0 Å². The van der Waals surface area contributed by atoms with E-state index in [-0.39, 0.29) is 0 Å². The lowest BCUT2D eigenvalue weighted by atomic mass is 10.1. The molecular formula is C22H31N3O4. The first-order chi connectivity index (χ1) is 14.1. The summed E-state index contributed by atoms with van der Waals surface area (Å²) in [5.74, 6) is 3.36. The first-order valence-corrected chi connectivity index (χ1v) is 9.62. The summed E-state index contributed by atoms with van der Waals surface area (Å²) >= 11 is 0. The molecule has 0 aliphatic heterocycles. The Morgan fingerprint density at radius 2 is 1.62 bits per heavy atom. The quantitative estimate of drug-likeness (QED) is 0.362. The van der Waals surface area contributed by atoms with E-state index >= 15 is 0 Å². The minimum absolute atomic E-state index is 0.428. The molecule has 29 heavy (non-hydrogen) atoms. The lowest BCUT2D eigenvalue weighted by molar-refractivity contribution is 0.321. The van der Waals surface area contributed by atoms with E-state index in [0.29, 0.717) is 42.9 Å². The van der Waals surface area contributed by atoms with Crippen molar-refractivity contribution >= 4 is 5.96 Å². The van der Waals surface area contributed by atoms with Gasteiger partial charge >= 0.3 is 0 Å². The van der Waals surface area contributed by atoms with Crippen molar-refractivity contribution in [2.45, 2.75) is 20.4 Å². The van der Waals surface area contributed by atoms with E-state index in [1.165, 1.54) is 5.56 Å². The number of guanidine groups is 1. The van der Waals surface area contributed by atoms with Crippen LogP contribution in [0.3, 0.4) is 0 Å². The van der Waals surface area contributed by atoms with Crippen LogP contribution in [0.1, 0.15) is 18.1 Å². The smallest absolute Gasteiger partial charge is 0.203 e. The SMILES string of the molecule is CCNC(=NCc1ccc(OC)c(OC)c1OC)NCCOc1ccc(C)cc1. The molecular weight excluding hydrogens is 370 g/mol. The van der Waals surface area contributed by atoms with Gasteiger partial charge in [-0.1, -0.05) is 17.7 Å². The summed E-state index contributed by atoms with van der Waals surface area (Å²) in [6, 6.07) is 11.8. The van der Waals surface area contributed by atoms with E-state index in [9.17, 15) is 0 Å². The van der Waals surface area contributed by atoms with Crippen molar-refractivity contribution < 1.29 is 18.9 Å². The van der Waals surface area contributed by atoms with Crippen LogP contribution in [-0.2, 0) is 6.54 Å². The van der Waals surface area contributed by atoms with Gasteiger partial charge in [0.25, 0.3) is 0 Å². The normalized spacial score (nSPS) is 11.0. The third-order valence-corrected chi connectivity index (χ3v) is 4.22. The fraction of sp³-hybridized carbons (Fsp3) is 0.409. The lowest BCUT2D eigenvalue weighted by Gasteiger charge is -2.16. The highest BCUT2D eigenvalue weighted by Crippen LogP contribution is 2.39. The zero-order chi connectivity index (χ0) is 21.1. The van der Waals surface area contributed by atoms with Crippen LogP contribution in [0.5, 0.6) is 23.0 Å². The Bertz CT molecular complexity index is 791. The van der Waals surface area contributed by atoms with Crippen LogP contribution in [0.4, 0.5) is 0 Å². The molecule has 2 N–H and O–H groups in total. The number of hydrogen-bond acceptors (Lipinski definition) is 5. The number of ether oxygens (including phenoxy) is 4. The first-order valence-electron chi connectivity index (χ1n) is 9.62. The molecule has 0 aliphatic carbocycles. The van der Waals surface area contributed by atoms with Crippen LogP contribution in [0.25, 0.3) is 0 Å². The summed E-state index contributed by atoms with van der Waals surface area (Å²) in [5.41, 5.74) is 2.11. The van der Waals surface area contributed by atoms with Gasteiger partial charge in [0, 0.05) is 12.1 Å². The number of aryl methyl sites for hydroxylation is 1. The maximum atomic E-state index is 5.75. The summed E-state index contributed by atoms with van der Waals surface area (Å²) in [6.45, 7) is 6.43. The van der Waals surface area contributed by atoms with Crippen LogP contribution < -0.4 is 29.6 Å². The van der Waals surface area contributed by atoms with Crippen LogP contribution in [0.15, 0.2) is 41.4 Å². The Balaban J connectivity index is 1.98. The van der Waals surface area contributed by atoms with E-state index in [0.717, 1.165) is 17.9 Å². The summed E-state index contributed by atoms with van der Waals surface area (Å²) in [5, 5.41) is 6.51. The van der Waals surface area contributed by atoms with Gasteiger partial charge in [-0.25, -0.2) is 4.99 Å². The molecule has 0 aliphatic rings. The molecule has 7 nitrogen and oxygen atoms in total. The van der Waals surface area contributed by atoms with Gasteiger partial charge in [0.05, 0.1) is 34.4 Å². The highest BCUT2D eigenvalue weighted by atomic mass is 16.5. The standard InChI is InChI=1S/C22H31N3O4/c1-6-23-22(24-13-14-29-18-10-7-16(2)8-11-18)25-15-17-9-12-19(26-3)21(28-5)20(17)27-4/h7-12H,6,13-15H2,1-5H3,(H2,23,24,25). The summed E-state index contributed by atoms with van der Waals surface area (Å²) < 4.78 is 22.0. The highest BCUT2D eigenvalue weighted by molar-refractivity contribution is 5.79. The zero-order valence-corrected chi connectivity index (χ0v) is 17.9. The predicted molar refractivity (Wildman–Crippen MR) is 116 cm³/mol. The highest BCUT2D eigenvalue weighted by Gasteiger charge is 2.15. The van der Waals surface area contributed by atoms with Crippen LogP contribution in [0, 0.1) is 6.92 Å². The molecule has 0 saturated heterocycles. The van der Waals surface area contributed by atoms with Crippen LogP contribution in [-0.4, -0.2) is 47.0 Å². The number of benzene rings is 2. The van der Waals surface area contributed by atoms with Crippen molar-refractivity contribution in [2.75, 3.05) is 41.0 Å². The Hall–Kier alpha value is -3.09. The Morgan fingerprint density at radius 3 is 2.24 bits per heavy atom. The van der Waals surface area contributed by atoms with Gasteiger partial charge in [-0.15, -0.1) is 0 Å². The van der Waals surface area contributed by atoms with Gasteiger partial charge in [-0.3, -0.25) is 0 Å². The number of nitrogens with zero attached hydrogens (tertiary/aromatic N) is 1. The van der Waals surface area contributed by atoms with Gasteiger partial charge in [0.2, 0.25) is 5.75 Å². The average molecular weight is 402 g/mol. The molecule has 0 unspecified atom stereocenters. The second-order valence-electron chi connectivity index (χ2n) is 6.28. The third-order valence-electron chi connectivity index (χ3n) is 4.22. The van der Waals surface area contributed by atoms with Crippen molar-refractivity contribution in [2.24, 2.45) is 4.99 Å². The number of hydrogen-bond donors (Lipinski definition) is 2. The molecule has 0 saturated carbocycles. The van der Waals surface area contributed by atoms with Gasteiger partial charge in [-0.05, 0) is 38.1 Å². The lowest BCUT2D eigenvalue weighted by Crippen LogP contribution is -2.39. The van der Waals surface area contributed by atoms with E-state index < -0.39 is 0 Å². The molecule has 0 spiro atoms. The molecule has 0 aromatic heterocycles. The fourth-order valence-electron chi connectivity index (χ4n) is 2.77. The fourth-order valence-corrected chi connectivity index (χ4v) is 2.77. The van der Waals surface area contributed by atoms with E-state index in [1.54, 1.807) is 21.3 Å². The average Bonchev–Trinajstić information content (AvgIpc) is 2.75. The van der Waals surface area contributed by atoms with Crippen LogP contribution in [0.2, 0.25) is 0 Å². The number of nitrogens with one attached hydrogen (secondary N) is 2. The van der Waals surface area contributed by atoms with E-state index in [4.69, 9.17) is 18.9 Å². The largest absolute Gasteiger partial charge is 0.493 e. The number of methoxy groups -OCH3 is 3. The maximum absolute atomic E-state index is 5.75. The minimum Gasteiger partial charge on any atom is -0.493 e. The predicted octanol–water partition coefficient (Wildman–Crippen LogP) is 3.15. The van der Waals surface area contributed by atoms with Crippen molar-refractivity contribution in [1.82, 2.24) is 10.6 Å². The van der Waals surface area contributed by atoms with Crippen LogP contribution >= 0.6 is 0 Å². The van der Waals surface area contributed by atoms with Gasteiger partial charge in [0.15, 0.2) is 17.5 Å². The molecule has 158 valence electrons. The van der Waals surface area contributed by atoms with Gasteiger partial charge in [0.1, 0.15) is 12.4 Å². The van der Waals surface area contributed by atoms with Crippen molar-refractivity contribution in [3.05, 3.63) is 47.5 Å². The molecule has 0 bridgehead atoms. The second-order valence-corrected chi connectivity index (χ2v) is 6.28.